The third-order valence-electron chi connectivity index (χ3n) is 3.56. The van der Waals surface area contributed by atoms with Crippen LogP contribution in [0.25, 0.3) is 0 Å². The molecule has 0 heterocycles. The van der Waals surface area contributed by atoms with E-state index in [1.807, 2.05) is 6.07 Å². The zero-order chi connectivity index (χ0) is 14.8. The molecule has 3 nitrogen and oxygen atoms in total. The molecule has 0 aromatic heterocycles. The first kappa shape index (κ1) is 16.6. The molecule has 4 heteroatoms. The molecule has 20 heavy (non-hydrogen) atoms. The van der Waals surface area contributed by atoms with Crippen LogP contribution in [-0.2, 0) is 11.2 Å². The van der Waals surface area contributed by atoms with Crippen LogP contribution in [0.1, 0.15) is 38.2 Å². The summed E-state index contributed by atoms with van der Waals surface area (Å²) in [6, 6.07) is 6.47. The summed E-state index contributed by atoms with van der Waals surface area (Å²) in [5.41, 5.74) is 6.44. The molecule has 1 unspecified atom stereocenters. The van der Waals surface area contributed by atoms with Gasteiger partial charge in [-0.15, -0.1) is 0 Å². The SMILES string of the molecule is CCC(CCN)CCC(=O)NCCc1cccc(F)c1. The molecule has 0 saturated carbocycles. The van der Waals surface area contributed by atoms with E-state index in [1.54, 1.807) is 6.07 Å². The second-order valence-electron chi connectivity index (χ2n) is 5.12. The van der Waals surface area contributed by atoms with E-state index in [1.165, 1.54) is 12.1 Å². The van der Waals surface area contributed by atoms with E-state index in [-0.39, 0.29) is 11.7 Å². The van der Waals surface area contributed by atoms with E-state index < -0.39 is 0 Å². The highest BCUT2D eigenvalue weighted by Crippen LogP contribution is 2.14. The fourth-order valence-electron chi connectivity index (χ4n) is 2.25. The Kier molecular flexibility index (Phi) is 7.88. The maximum Gasteiger partial charge on any atom is 0.220 e. The Hall–Kier alpha value is -1.42. The number of benzene rings is 1. The number of carbonyl (C=O) groups excluding carboxylic acids is 1. The summed E-state index contributed by atoms with van der Waals surface area (Å²) in [7, 11) is 0. The molecule has 0 saturated heterocycles. The molecule has 0 spiro atoms. The van der Waals surface area contributed by atoms with Crippen LogP contribution in [-0.4, -0.2) is 19.0 Å². The second-order valence-corrected chi connectivity index (χ2v) is 5.12. The lowest BCUT2D eigenvalue weighted by Gasteiger charge is -2.13. The van der Waals surface area contributed by atoms with Crippen LogP contribution in [0.5, 0.6) is 0 Å². The minimum atomic E-state index is -0.235. The van der Waals surface area contributed by atoms with E-state index in [0.717, 1.165) is 24.8 Å². The van der Waals surface area contributed by atoms with Gasteiger partial charge in [0.25, 0.3) is 0 Å². The maximum absolute atomic E-state index is 13.0. The Morgan fingerprint density at radius 2 is 2.20 bits per heavy atom. The van der Waals surface area contributed by atoms with Crippen molar-refractivity contribution in [3.05, 3.63) is 35.6 Å². The summed E-state index contributed by atoms with van der Waals surface area (Å²) in [6.07, 6.45) is 4.13. The van der Waals surface area contributed by atoms with Gasteiger partial charge in [-0.05, 0) is 49.4 Å². The van der Waals surface area contributed by atoms with Crippen molar-refractivity contribution >= 4 is 5.91 Å². The van der Waals surface area contributed by atoms with E-state index >= 15 is 0 Å². The van der Waals surface area contributed by atoms with Gasteiger partial charge >= 0.3 is 0 Å². The number of hydrogen-bond acceptors (Lipinski definition) is 2. The van der Waals surface area contributed by atoms with Crippen LogP contribution < -0.4 is 11.1 Å². The Balaban J connectivity index is 2.20. The smallest absolute Gasteiger partial charge is 0.220 e. The normalized spacial score (nSPS) is 12.2. The number of nitrogens with one attached hydrogen (secondary N) is 1. The standard InChI is InChI=1S/C16H25FN2O/c1-2-13(8-10-18)6-7-16(20)19-11-9-14-4-3-5-15(17)12-14/h3-5,12-13H,2,6-11,18H2,1H3,(H,19,20). The monoisotopic (exact) mass is 280 g/mol. The molecular weight excluding hydrogens is 255 g/mol. The minimum absolute atomic E-state index is 0.0666. The average molecular weight is 280 g/mol. The summed E-state index contributed by atoms with van der Waals surface area (Å²) < 4.78 is 13.0. The molecule has 0 bridgehead atoms. The van der Waals surface area contributed by atoms with E-state index in [0.29, 0.717) is 31.8 Å². The van der Waals surface area contributed by atoms with Crippen molar-refractivity contribution in [3.8, 4) is 0 Å². The van der Waals surface area contributed by atoms with Crippen LogP contribution >= 0.6 is 0 Å². The first-order valence-corrected chi connectivity index (χ1v) is 7.37. The quantitative estimate of drug-likeness (QED) is 0.730. The average Bonchev–Trinajstić information content (AvgIpc) is 2.43. The van der Waals surface area contributed by atoms with Crippen LogP contribution in [0.2, 0.25) is 0 Å². The predicted octanol–water partition coefficient (Wildman–Crippen LogP) is 2.64. The summed E-state index contributed by atoms with van der Waals surface area (Å²) in [4.78, 5) is 11.7. The molecule has 0 aliphatic carbocycles. The molecular formula is C16H25FN2O. The van der Waals surface area contributed by atoms with Gasteiger partial charge in [0, 0.05) is 13.0 Å². The van der Waals surface area contributed by atoms with Gasteiger partial charge in [-0.2, -0.15) is 0 Å². The topological polar surface area (TPSA) is 55.1 Å². The van der Waals surface area contributed by atoms with Crippen molar-refractivity contribution in [2.45, 2.75) is 39.0 Å². The lowest BCUT2D eigenvalue weighted by Crippen LogP contribution is -2.26. The summed E-state index contributed by atoms with van der Waals surface area (Å²) in [6.45, 7) is 3.36. The highest BCUT2D eigenvalue weighted by Gasteiger charge is 2.08. The molecule has 1 amide bonds. The largest absolute Gasteiger partial charge is 0.356 e. The van der Waals surface area contributed by atoms with E-state index in [2.05, 4.69) is 12.2 Å². The molecule has 1 rings (SSSR count). The summed E-state index contributed by atoms with van der Waals surface area (Å²) >= 11 is 0. The van der Waals surface area contributed by atoms with Gasteiger partial charge in [-0.25, -0.2) is 4.39 Å². The maximum atomic E-state index is 13.0. The highest BCUT2D eigenvalue weighted by atomic mass is 19.1. The van der Waals surface area contributed by atoms with Crippen molar-refractivity contribution in [1.82, 2.24) is 5.32 Å². The Labute approximate surface area is 120 Å². The molecule has 1 aromatic rings. The van der Waals surface area contributed by atoms with Crippen LogP contribution in [0.4, 0.5) is 4.39 Å². The van der Waals surface area contributed by atoms with Gasteiger partial charge in [0.05, 0.1) is 0 Å². The number of nitrogens with two attached hydrogens (primary N) is 1. The second kappa shape index (κ2) is 9.48. The first-order valence-electron chi connectivity index (χ1n) is 7.37. The van der Waals surface area contributed by atoms with Crippen LogP contribution in [0.3, 0.4) is 0 Å². The zero-order valence-corrected chi connectivity index (χ0v) is 12.2. The minimum Gasteiger partial charge on any atom is -0.356 e. The summed E-state index contributed by atoms with van der Waals surface area (Å²) in [5, 5.41) is 2.88. The Morgan fingerprint density at radius 1 is 1.40 bits per heavy atom. The zero-order valence-electron chi connectivity index (χ0n) is 12.2. The van der Waals surface area contributed by atoms with Crippen molar-refractivity contribution in [2.24, 2.45) is 11.7 Å². The van der Waals surface area contributed by atoms with Crippen molar-refractivity contribution in [2.75, 3.05) is 13.1 Å². The van der Waals surface area contributed by atoms with Crippen LogP contribution in [0.15, 0.2) is 24.3 Å². The molecule has 0 radical (unpaired) electrons. The molecule has 1 atom stereocenters. The molecule has 0 aliphatic rings. The van der Waals surface area contributed by atoms with Gasteiger partial charge in [-0.1, -0.05) is 25.5 Å². The molecule has 112 valence electrons. The third-order valence-corrected chi connectivity index (χ3v) is 3.56. The summed E-state index contributed by atoms with van der Waals surface area (Å²) in [5.74, 6) is 0.368. The third kappa shape index (κ3) is 6.66. The molecule has 0 aliphatic heterocycles. The number of rotatable bonds is 9. The van der Waals surface area contributed by atoms with Crippen molar-refractivity contribution in [3.63, 3.8) is 0 Å². The van der Waals surface area contributed by atoms with Gasteiger partial charge < -0.3 is 11.1 Å². The van der Waals surface area contributed by atoms with Gasteiger partial charge in [0.2, 0.25) is 5.91 Å². The fraction of sp³-hybridized carbons (Fsp3) is 0.562. The van der Waals surface area contributed by atoms with E-state index in [9.17, 15) is 9.18 Å². The van der Waals surface area contributed by atoms with Gasteiger partial charge in [0.1, 0.15) is 5.82 Å². The Morgan fingerprint density at radius 3 is 2.85 bits per heavy atom. The number of halogens is 1. The molecule has 3 N–H and O–H groups in total. The van der Waals surface area contributed by atoms with Gasteiger partial charge in [0.15, 0.2) is 0 Å². The Bertz CT molecular complexity index is 409. The molecule has 0 fully saturated rings. The van der Waals surface area contributed by atoms with Crippen LogP contribution in [0, 0.1) is 11.7 Å². The number of hydrogen-bond donors (Lipinski definition) is 2. The lowest BCUT2D eigenvalue weighted by molar-refractivity contribution is -0.121. The highest BCUT2D eigenvalue weighted by molar-refractivity contribution is 5.75. The number of amides is 1. The molecule has 1 aromatic carbocycles. The van der Waals surface area contributed by atoms with E-state index in [4.69, 9.17) is 5.73 Å². The lowest BCUT2D eigenvalue weighted by atomic mass is 9.96. The number of carbonyl (C=O) groups is 1. The fourth-order valence-corrected chi connectivity index (χ4v) is 2.25. The van der Waals surface area contributed by atoms with Gasteiger partial charge in [-0.3, -0.25) is 4.79 Å². The van der Waals surface area contributed by atoms with Crippen molar-refractivity contribution in [1.29, 1.82) is 0 Å². The van der Waals surface area contributed by atoms with Crippen molar-refractivity contribution < 1.29 is 9.18 Å². The first-order chi connectivity index (χ1) is 9.65. The predicted molar refractivity (Wildman–Crippen MR) is 79.8 cm³/mol.